The largest absolute Gasteiger partial charge is 0.299 e. The van der Waals surface area contributed by atoms with Crippen molar-refractivity contribution in [1.29, 1.82) is 0 Å². The van der Waals surface area contributed by atoms with Crippen molar-refractivity contribution in [3.63, 3.8) is 0 Å². The number of carbonyl (C=O) groups is 2. The fourth-order valence-corrected chi connectivity index (χ4v) is 1.70. The number of ketones is 2. The minimum absolute atomic E-state index is 0.0283. The van der Waals surface area contributed by atoms with E-state index in [4.69, 9.17) is 0 Å². The zero-order chi connectivity index (χ0) is 8.65. The Bertz CT molecular complexity index is 204. The molecule has 0 aromatic heterocycles. The summed E-state index contributed by atoms with van der Waals surface area (Å²) < 4.78 is 0. The summed E-state index contributed by atoms with van der Waals surface area (Å²) in [7, 11) is 0. The Kier molecular flexibility index (Phi) is 1.87. The summed E-state index contributed by atoms with van der Waals surface area (Å²) in [5, 5.41) is 0. The second-order valence-electron chi connectivity index (χ2n) is 4.17. The molecule has 1 fully saturated rings. The first kappa shape index (κ1) is 8.44. The summed E-state index contributed by atoms with van der Waals surface area (Å²) in [5.74, 6) is -0.145. The van der Waals surface area contributed by atoms with Crippen LogP contribution in [0.4, 0.5) is 0 Å². The van der Waals surface area contributed by atoms with Crippen LogP contribution in [0.5, 0.6) is 0 Å². The summed E-state index contributed by atoms with van der Waals surface area (Å²) in [5.41, 5.74) is 0.0490. The lowest BCUT2D eigenvalue weighted by molar-refractivity contribution is -0.129. The van der Waals surface area contributed by atoms with Crippen LogP contribution in [0.3, 0.4) is 0 Å². The molecule has 1 atom stereocenters. The van der Waals surface area contributed by atoms with E-state index in [9.17, 15) is 9.59 Å². The van der Waals surface area contributed by atoms with Gasteiger partial charge in [-0.1, -0.05) is 13.8 Å². The van der Waals surface area contributed by atoms with Gasteiger partial charge in [-0.3, -0.25) is 9.59 Å². The molecule has 11 heavy (non-hydrogen) atoms. The van der Waals surface area contributed by atoms with Crippen molar-refractivity contribution in [3.8, 4) is 0 Å². The van der Waals surface area contributed by atoms with Crippen LogP contribution in [0.1, 0.15) is 33.6 Å². The first-order valence-corrected chi connectivity index (χ1v) is 3.95. The summed E-state index contributed by atoms with van der Waals surface area (Å²) in [4.78, 5) is 22.1. The van der Waals surface area contributed by atoms with E-state index < -0.39 is 0 Å². The van der Waals surface area contributed by atoms with Crippen LogP contribution >= 0.6 is 0 Å². The van der Waals surface area contributed by atoms with Crippen molar-refractivity contribution in [1.82, 2.24) is 0 Å². The van der Waals surface area contributed by atoms with Gasteiger partial charge in [0.15, 0.2) is 0 Å². The number of hydrogen-bond donors (Lipinski definition) is 0. The summed E-state index contributed by atoms with van der Waals surface area (Å²) in [6, 6.07) is 0. The van der Waals surface area contributed by atoms with Gasteiger partial charge in [-0.25, -0.2) is 0 Å². The molecule has 0 N–H and O–H groups in total. The third kappa shape index (κ3) is 1.67. The molecule has 2 heteroatoms. The lowest BCUT2D eigenvalue weighted by Crippen LogP contribution is -2.15. The molecule has 0 bridgehead atoms. The quantitative estimate of drug-likeness (QED) is 0.537. The Hall–Kier alpha value is -0.660. The molecule has 1 aliphatic carbocycles. The predicted octanol–water partition coefficient (Wildman–Crippen LogP) is 1.58. The van der Waals surface area contributed by atoms with Crippen molar-refractivity contribution in [2.24, 2.45) is 11.3 Å². The Morgan fingerprint density at radius 1 is 1.55 bits per heavy atom. The third-order valence-corrected chi connectivity index (χ3v) is 2.29. The van der Waals surface area contributed by atoms with Gasteiger partial charge < -0.3 is 0 Å². The van der Waals surface area contributed by atoms with Crippen LogP contribution < -0.4 is 0 Å². The Morgan fingerprint density at radius 3 is 2.27 bits per heavy atom. The van der Waals surface area contributed by atoms with Crippen molar-refractivity contribution in [3.05, 3.63) is 0 Å². The monoisotopic (exact) mass is 154 g/mol. The van der Waals surface area contributed by atoms with Gasteiger partial charge in [0.25, 0.3) is 0 Å². The maximum Gasteiger partial charge on any atom is 0.143 e. The summed E-state index contributed by atoms with van der Waals surface area (Å²) in [6.45, 7) is 5.58. The van der Waals surface area contributed by atoms with Gasteiger partial charge in [-0.05, 0) is 18.8 Å². The normalized spacial score (nSPS) is 29.0. The van der Waals surface area contributed by atoms with E-state index in [0.29, 0.717) is 6.42 Å². The lowest BCUT2D eigenvalue weighted by atomic mass is 9.90. The standard InChI is InChI=1S/C9H14O2/c1-6(10)7-4-9(2,3)5-8(7)11/h7H,4-5H2,1-3H3. The second-order valence-corrected chi connectivity index (χ2v) is 4.17. The van der Waals surface area contributed by atoms with Crippen LogP contribution in [-0.4, -0.2) is 11.6 Å². The third-order valence-electron chi connectivity index (χ3n) is 2.29. The molecule has 0 aromatic rings. The highest BCUT2D eigenvalue weighted by Crippen LogP contribution is 2.38. The molecule has 62 valence electrons. The van der Waals surface area contributed by atoms with Gasteiger partial charge in [0.05, 0.1) is 5.92 Å². The molecule has 0 amide bonds. The molecule has 0 heterocycles. The minimum atomic E-state index is -0.301. The highest BCUT2D eigenvalue weighted by atomic mass is 16.1. The van der Waals surface area contributed by atoms with Crippen molar-refractivity contribution >= 4 is 11.6 Å². The fourth-order valence-electron chi connectivity index (χ4n) is 1.70. The van der Waals surface area contributed by atoms with Crippen molar-refractivity contribution < 1.29 is 9.59 Å². The van der Waals surface area contributed by atoms with Crippen LogP contribution in [0.15, 0.2) is 0 Å². The highest BCUT2D eigenvalue weighted by molar-refractivity contribution is 6.03. The fraction of sp³-hybridized carbons (Fsp3) is 0.778. The van der Waals surface area contributed by atoms with E-state index in [1.54, 1.807) is 0 Å². The SMILES string of the molecule is CC(=O)C1CC(C)(C)CC1=O. The van der Waals surface area contributed by atoms with Gasteiger partial charge >= 0.3 is 0 Å². The number of carbonyl (C=O) groups excluding carboxylic acids is 2. The van der Waals surface area contributed by atoms with Crippen LogP contribution in [0.25, 0.3) is 0 Å². The smallest absolute Gasteiger partial charge is 0.143 e. The lowest BCUT2D eigenvalue weighted by Gasteiger charge is -2.14. The maximum absolute atomic E-state index is 11.2. The topological polar surface area (TPSA) is 34.1 Å². The second kappa shape index (κ2) is 2.43. The van der Waals surface area contributed by atoms with Gasteiger partial charge in [-0.2, -0.15) is 0 Å². The predicted molar refractivity (Wildman–Crippen MR) is 42.2 cm³/mol. The first-order valence-electron chi connectivity index (χ1n) is 3.95. The summed E-state index contributed by atoms with van der Waals surface area (Å²) in [6.07, 6.45) is 1.30. The molecular formula is C9H14O2. The Labute approximate surface area is 67.0 Å². The number of hydrogen-bond acceptors (Lipinski definition) is 2. The zero-order valence-electron chi connectivity index (χ0n) is 7.31. The Balaban J connectivity index is 2.74. The number of Topliss-reactive ketones (excluding diaryl/α,β-unsaturated/α-hetero) is 2. The zero-order valence-corrected chi connectivity index (χ0v) is 7.31. The van der Waals surface area contributed by atoms with E-state index in [2.05, 4.69) is 0 Å². The van der Waals surface area contributed by atoms with Crippen LogP contribution in [0, 0.1) is 11.3 Å². The molecule has 0 saturated heterocycles. The molecule has 0 aliphatic heterocycles. The van der Waals surface area contributed by atoms with Gasteiger partial charge in [-0.15, -0.1) is 0 Å². The molecule has 0 spiro atoms. The van der Waals surface area contributed by atoms with Gasteiger partial charge in [0, 0.05) is 6.42 Å². The maximum atomic E-state index is 11.2. The molecule has 1 aliphatic rings. The van der Waals surface area contributed by atoms with Crippen LogP contribution in [-0.2, 0) is 9.59 Å². The van der Waals surface area contributed by atoms with E-state index in [1.165, 1.54) is 6.92 Å². The van der Waals surface area contributed by atoms with Gasteiger partial charge in [0.1, 0.15) is 11.6 Å². The number of rotatable bonds is 1. The van der Waals surface area contributed by atoms with E-state index >= 15 is 0 Å². The molecular weight excluding hydrogens is 140 g/mol. The van der Waals surface area contributed by atoms with E-state index in [-0.39, 0.29) is 22.9 Å². The molecule has 0 radical (unpaired) electrons. The van der Waals surface area contributed by atoms with E-state index in [0.717, 1.165) is 6.42 Å². The Morgan fingerprint density at radius 2 is 2.09 bits per heavy atom. The first-order chi connectivity index (χ1) is 4.92. The molecule has 1 rings (SSSR count). The molecule has 2 nitrogen and oxygen atoms in total. The summed E-state index contributed by atoms with van der Waals surface area (Å²) >= 11 is 0. The van der Waals surface area contributed by atoms with Crippen LogP contribution in [0.2, 0.25) is 0 Å². The molecule has 0 aromatic carbocycles. The molecule has 1 unspecified atom stereocenters. The van der Waals surface area contributed by atoms with Gasteiger partial charge in [0.2, 0.25) is 0 Å². The highest BCUT2D eigenvalue weighted by Gasteiger charge is 2.39. The molecule has 1 saturated carbocycles. The average molecular weight is 154 g/mol. The van der Waals surface area contributed by atoms with Crippen molar-refractivity contribution in [2.75, 3.05) is 0 Å². The van der Waals surface area contributed by atoms with Crippen molar-refractivity contribution in [2.45, 2.75) is 33.6 Å². The average Bonchev–Trinajstić information content (AvgIpc) is 2.05. The minimum Gasteiger partial charge on any atom is -0.299 e. The van der Waals surface area contributed by atoms with E-state index in [1.807, 2.05) is 13.8 Å².